The highest BCUT2D eigenvalue weighted by molar-refractivity contribution is 6.16. The van der Waals surface area contributed by atoms with Gasteiger partial charge in [0.05, 0.1) is 18.3 Å². The first-order valence-corrected chi connectivity index (χ1v) is 8.67. The van der Waals surface area contributed by atoms with Gasteiger partial charge >= 0.3 is 0 Å². The molecule has 0 bridgehead atoms. The molecule has 0 aromatic heterocycles. The van der Waals surface area contributed by atoms with Crippen molar-refractivity contribution in [2.45, 2.75) is 44.1 Å². The Morgan fingerprint density at radius 3 is 2.80 bits per heavy atom. The normalized spacial score (nSPS) is 24.0. The zero-order valence-electron chi connectivity index (χ0n) is 14.1. The van der Waals surface area contributed by atoms with E-state index in [9.17, 15) is 14.4 Å². The summed E-state index contributed by atoms with van der Waals surface area (Å²) in [5, 5.41) is 2.36. The molecule has 3 amide bonds. The van der Waals surface area contributed by atoms with E-state index in [0.717, 1.165) is 29.7 Å². The van der Waals surface area contributed by atoms with Crippen LogP contribution in [0.2, 0.25) is 0 Å². The Morgan fingerprint density at radius 1 is 1.32 bits per heavy atom. The lowest BCUT2D eigenvalue weighted by molar-refractivity contribution is -0.135. The highest BCUT2D eigenvalue weighted by Crippen LogP contribution is 2.59. The molecule has 1 unspecified atom stereocenters. The third-order valence-electron chi connectivity index (χ3n) is 5.22. The van der Waals surface area contributed by atoms with Crippen molar-refractivity contribution in [1.29, 1.82) is 0 Å². The highest BCUT2D eigenvalue weighted by Gasteiger charge is 2.61. The van der Waals surface area contributed by atoms with Gasteiger partial charge in [-0.05, 0) is 49.5 Å². The number of hydrogen-bond donors (Lipinski definition) is 1. The van der Waals surface area contributed by atoms with Crippen molar-refractivity contribution in [1.82, 2.24) is 5.32 Å². The quantitative estimate of drug-likeness (QED) is 0.671. The van der Waals surface area contributed by atoms with Crippen LogP contribution in [0.15, 0.2) is 24.5 Å². The van der Waals surface area contributed by atoms with Gasteiger partial charge < -0.3 is 4.74 Å². The van der Waals surface area contributed by atoms with Crippen molar-refractivity contribution in [3.63, 3.8) is 0 Å². The first kappa shape index (κ1) is 15.9. The first-order chi connectivity index (χ1) is 12.1. The Kier molecular flexibility index (Phi) is 3.63. The van der Waals surface area contributed by atoms with E-state index in [4.69, 9.17) is 4.74 Å². The van der Waals surface area contributed by atoms with E-state index in [-0.39, 0.29) is 24.1 Å². The minimum Gasteiger partial charge on any atom is -0.501 e. The smallest absolute Gasteiger partial charge is 0.249 e. The van der Waals surface area contributed by atoms with Crippen LogP contribution in [-0.4, -0.2) is 30.4 Å². The fourth-order valence-electron chi connectivity index (χ4n) is 3.91. The topological polar surface area (TPSA) is 75.7 Å². The molecule has 6 heteroatoms. The molecule has 3 aliphatic rings. The number of nitrogens with zero attached hydrogens (tertiary/aromatic N) is 1. The van der Waals surface area contributed by atoms with Crippen LogP contribution >= 0.6 is 0 Å². The van der Waals surface area contributed by atoms with Gasteiger partial charge in [-0.1, -0.05) is 12.1 Å². The van der Waals surface area contributed by atoms with Crippen LogP contribution in [0, 0.1) is 0 Å². The average molecular weight is 340 g/mol. The van der Waals surface area contributed by atoms with E-state index in [1.807, 2.05) is 31.2 Å². The second kappa shape index (κ2) is 5.72. The fraction of sp³-hybridized carbons (Fsp3) is 0.421. The Labute approximate surface area is 145 Å². The molecular formula is C19H20N2O4. The molecule has 1 N–H and O–H groups in total. The third-order valence-corrected chi connectivity index (χ3v) is 5.22. The van der Waals surface area contributed by atoms with Gasteiger partial charge in [0, 0.05) is 12.1 Å². The van der Waals surface area contributed by atoms with Gasteiger partial charge in [-0.15, -0.1) is 0 Å². The summed E-state index contributed by atoms with van der Waals surface area (Å²) < 4.78 is 5.30. The van der Waals surface area contributed by atoms with Crippen molar-refractivity contribution >= 4 is 29.5 Å². The zero-order chi connectivity index (χ0) is 17.6. The van der Waals surface area contributed by atoms with E-state index >= 15 is 0 Å². The van der Waals surface area contributed by atoms with Crippen LogP contribution < -0.4 is 10.2 Å². The molecule has 1 aliphatic carbocycles. The van der Waals surface area contributed by atoms with Gasteiger partial charge in [0.2, 0.25) is 17.7 Å². The van der Waals surface area contributed by atoms with Crippen molar-refractivity contribution < 1.29 is 19.1 Å². The van der Waals surface area contributed by atoms with Crippen molar-refractivity contribution in [2.24, 2.45) is 0 Å². The number of ether oxygens (including phenoxy) is 1. The van der Waals surface area contributed by atoms with Crippen LogP contribution in [0.25, 0.3) is 6.08 Å². The average Bonchev–Trinajstić information content (AvgIpc) is 3.34. The number of rotatable bonds is 4. The number of amides is 3. The molecule has 1 saturated carbocycles. The minimum absolute atomic E-state index is 0.0192. The molecule has 6 nitrogen and oxygen atoms in total. The molecule has 1 spiro atoms. The maximum atomic E-state index is 13.2. The van der Waals surface area contributed by atoms with E-state index < -0.39 is 11.5 Å². The lowest BCUT2D eigenvalue weighted by Crippen LogP contribution is -2.54. The Balaban J connectivity index is 1.76. The number of carbonyl (C=O) groups excluding carboxylic acids is 3. The van der Waals surface area contributed by atoms with Gasteiger partial charge in [0.15, 0.2) is 0 Å². The van der Waals surface area contributed by atoms with Crippen molar-refractivity contribution in [2.75, 3.05) is 11.5 Å². The molecule has 130 valence electrons. The van der Waals surface area contributed by atoms with Crippen molar-refractivity contribution in [3.8, 4) is 0 Å². The summed E-state index contributed by atoms with van der Waals surface area (Å²) in [7, 11) is 0. The number of anilines is 1. The summed E-state index contributed by atoms with van der Waals surface area (Å²) in [6, 6.07) is 5.13. The molecule has 2 heterocycles. The lowest BCUT2D eigenvalue weighted by Gasteiger charge is -2.30. The van der Waals surface area contributed by atoms with E-state index in [0.29, 0.717) is 13.0 Å². The highest BCUT2D eigenvalue weighted by atomic mass is 16.5. The van der Waals surface area contributed by atoms with Gasteiger partial charge in [0.1, 0.15) is 6.04 Å². The summed E-state index contributed by atoms with van der Waals surface area (Å²) in [6.45, 7) is 2.49. The molecule has 1 atom stereocenters. The Bertz CT molecular complexity index is 795. The zero-order valence-corrected chi connectivity index (χ0v) is 14.1. The van der Waals surface area contributed by atoms with Crippen LogP contribution in [0.5, 0.6) is 0 Å². The van der Waals surface area contributed by atoms with E-state index in [1.54, 1.807) is 11.2 Å². The van der Waals surface area contributed by atoms with Crippen LogP contribution in [-0.2, 0) is 24.5 Å². The molecule has 1 saturated heterocycles. The predicted molar refractivity (Wildman–Crippen MR) is 91.7 cm³/mol. The second-order valence-electron chi connectivity index (χ2n) is 6.72. The fourth-order valence-corrected chi connectivity index (χ4v) is 3.91. The second-order valence-corrected chi connectivity index (χ2v) is 6.72. The predicted octanol–water partition coefficient (Wildman–Crippen LogP) is 1.88. The summed E-state index contributed by atoms with van der Waals surface area (Å²) >= 11 is 0. The van der Waals surface area contributed by atoms with Gasteiger partial charge in [-0.2, -0.15) is 0 Å². The van der Waals surface area contributed by atoms with Crippen LogP contribution in [0.4, 0.5) is 5.69 Å². The summed E-state index contributed by atoms with van der Waals surface area (Å²) in [6.07, 6.45) is 5.73. The molecule has 2 aliphatic heterocycles. The Hall–Kier alpha value is -2.63. The summed E-state index contributed by atoms with van der Waals surface area (Å²) in [5.41, 5.74) is 2.22. The standard InChI is InChI=1S/C19H20N2O4/c1-2-25-11-8-12-4-3-5-13-16(12)19(9-10-19)18(24)21(13)14-6-7-15(22)20-17(14)23/h3-5,8,11,14H,2,6-7,9-10H2,1H3,(H,20,22,23)/b11-8+. The number of piperidine rings is 1. The molecule has 2 fully saturated rings. The summed E-state index contributed by atoms with van der Waals surface area (Å²) in [4.78, 5) is 38.5. The largest absolute Gasteiger partial charge is 0.501 e. The molecule has 1 aromatic carbocycles. The number of nitrogens with one attached hydrogen (secondary N) is 1. The first-order valence-electron chi connectivity index (χ1n) is 8.67. The van der Waals surface area contributed by atoms with Crippen LogP contribution in [0.3, 0.4) is 0 Å². The number of imide groups is 1. The van der Waals surface area contributed by atoms with Gasteiger partial charge in [-0.25, -0.2) is 0 Å². The lowest BCUT2D eigenvalue weighted by atomic mass is 9.93. The van der Waals surface area contributed by atoms with E-state index in [2.05, 4.69) is 5.32 Å². The van der Waals surface area contributed by atoms with Gasteiger partial charge in [-0.3, -0.25) is 24.6 Å². The maximum absolute atomic E-state index is 13.2. The molecular weight excluding hydrogens is 320 g/mol. The number of fused-ring (bicyclic) bond motifs is 2. The molecule has 0 radical (unpaired) electrons. The molecule has 4 rings (SSSR count). The molecule has 1 aromatic rings. The number of carbonyl (C=O) groups is 3. The maximum Gasteiger partial charge on any atom is 0.249 e. The summed E-state index contributed by atoms with van der Waals surface area (Å²) in [5.74, 6) is -0.680. The van der Waals surface area contributed by atoms with Crippen molar-refractivity contribution in [3.05, 3.63) is 35.6 Å². The van der Waals surface area contributed by atoms with Gasteiger partial charge in [0.25, 0.3) is 0 Å². The monoisotopic (exact) mass is 340 g/mol. The van der Waals surface area contributed by atoms with E-state index in [1.165, 1.54) is 0 Å². The Morgan fingerprint density at radius 2 is 2.12 bits per heavy atom. The molecule has 25 heavy (non-hydrogen) atoms. The third kappa shape index (κ3) is 2.35. The number of benzene rings is 1. The minimum atomic E-state index is -0.616. The van der Waals surface area contributed by atoms with Crippen LogP contribution in [0.1, 0.15) is 43.7 Å². The SMILES string of the molecule is CCO/C=C/c1cccc2c1C1(CC1)C(=O)N2C1CCC(=O)NC1=O. The number of hydrogen-bond acceptors (Lipinski definition) is 4.